The van der Waals surface area contributed by atoms with Gasteiger partial charge < -0.3 is 0 Å². The molecule has 0 radical (unpaired) electrons. The summed E-state index contributed by atoms with van der Waals surface area (Å²) in [5.41, 5.74) is -0.435. The highest BCUT2D eigenvalue weighted by atomic mass is 32.2. The van der Waals surface area contributed by atoms with Crippen LogP contribution in [0.15, 0.2) is 23.1 Å². The van der Waals surface area contributed by atoms with E-state index in [2.05, 4.69) is 11.4 Å². The van der Waals surface area contributed by atoms with Gasteiger partial charge in [-0.25, -0.2) is 8.78 Å². The van der Waals surface area contributed by atoms with Crippen molar-refractivity contribution in [3.63, 3.8) is 0 Å². The molecule has 1 N–H and O–H groups in total. The topological polar surface area (TPSA) is 35.8 Å². The van der Waals surface area contributed by atoms with Gasteiger partial charge in [-0.1, -0.05) is 6.92 Å². The SMILES string of the molecule is CCC(C#N)(CCCSc1ccc(F)c(F)c1)NC1CC1. The van der Waals surface area contributed by atoms with Gasteiger partial charge in [-0.15, -0.1) is 11.8 Å². The minimum absolute atomic E-state index is 0.435. The van der Waals surface area contributed by atoms with Crippen LogP contribution in [0.5, 0.6) is 0 Å². The standard InChI is InChI=1S/C16H20F2N2S/c1-2-16(11-19,20-12-4-5-12)8-3-9-21-13-6-7-14(17)15(18)10-13/h6-7,10,12,20H,2-5,8-9H2,1H3. The molecular formula is C16H20F2N2S. The first-order valence-corrected chi connectivity index (χ1v) is 8.34. The predicted octanol–water partition coefficient (Wildman–Crippen LogP) is 4.26. The number of hydrogen-bond donors (Lipinski definition) is 1. The third kappa shape index (κ3) is 4.69. The van der Waals surface area contributed by atoms with Gasteiger partial charge in [0.2, 0.25) is 0 Å². The molecule has 5 heteroatoms. The maximum absolute atomic E-state index is 13.1. The first-order valence-electron chi connectivity index (χ1n) is 7.35. The highest BCUT2D eigenvalue weighted by Crippen LogP contribution is 2.28. The Hall–Kier alpha value is -1.12. The molecule has 114 valence electrons. The summed E-state index contributed by atoms with van der Waals surface area (Å²) in [6, 6.07) is 6.88. The summed E-state index contributed by atoms with van der Waals surface area (Å²) in [5.74, 6) is -0.835. The maximum atomic E-state index is 13.1. The van der Waals surface area contributed by atoms with E-state index in [-0.39, 0.29) is 0 Å². The van der Waals surface area contributed by atoms with Crippen molar-refractivity contribution in [2.75, 3.05) is 5.75 Å². The monoisotopic (exact) mass is 310 g/mol. The first-order chi connectivity index (χ1) is 10.1. The van der Waals surface area contributed by atoms with Crippen LogP contribution in [-0.2, 0) is 0 Å². The second-order valence-electron chi connectivity index (χ2n) is 5.49. The molecule has 1 fully saturated rings. The van der Waals surface area contributed by atoms with E-state index in [1.165, 1.54) is 17.8 Å². The van der Waals surface area contributed by atoms with Crippen LogP contribution in [0.4, 0.5) is 8.78 Å². The summed E-state index contributed by atoms with van der Waals surface area (Å²) in [6.45, 7) is 2.03. The van der Waals surface area contributed by atoms with E-state index in [0.717, 1.165) is 48.8 Å². The lowest BCUT2D eigenvalue weighted by Crippen LogP contribution is -2.44. The number of nitrogens with zero attached hydrogens (tertiary/aromatic N) is 1. The summed E-state index contributed by atoms with van der Waals surface area (Å²) in [7, 11) is 0. The minimum Gasteiger partial charge on any atom is -0.297 e. The zero-order valence-corrected chi connectivity index (χ0v) is 13.0. The maximum Gasteiger partial charge on any atom is 0.159 e. The Balaban J connectivity index is 1.79. The van der Waals surface area contributed by atoms with Crippen molar-refractivity contribution >= 4 is 11.8 Å². The number of halogens is 2. The second kappa shape index (κ2) is 7.24. The third-order valence-corrected chi connectivity index (χ3v) is 4.86. The first kappa shape index (κ1) is 16.3. The molecule has 0 spiro atoms. The Kier molecular flexibility index (Phi) is 5.60. The summed E-state index contributed by atoms with van der Waals surface area (Å²) >= 11 is 1.50. The van der Waals surface area contributed by atoms with E-state index in [0.29, 0.717) is 6.04 Å². The Labute approximate surface area is 128 Å². The van der Waals surface area contributed by atoms with E-state index in [4.69, 9.17) is 0 Å². The Morgan fingerprint density at radius 2 is 2.14 bits per heavy atom. The van der Waals surface area contributed by atoms with Gasteiger partial charge in [0.25, 0.3) is 0 Å². The van der Waals surface area contributed by atoms with Crippen molar-refractivity contribution in [1.29, 1.82) is 5.26 Å². The lowest BCUT2D eigenvalue weighted by molar-refractivity contribution is 0.367. The molecule has 2 nitrogen and oxygen atoms in total. The van der Waals surface area contributed by atoms with Crippen molar-refractivity contribution < 1.29 is 8.78 Å². The highest BCUT2D eigenvalue weighted by molar-refractivity contribution is 7.99. The molecule has 0 heterocycles. The molecule has 1 atom stereocenters. The molecule has 1 aromatic carbocycles. The molecule has 0 aromatic heterocycles. The van der Waals surface area contributed by atoms with Gasteiger partial charge in [-0.3, -0.25) is 5.32 Å². The van der Waals surface area contributed by atoms with Gasteiger partial charge in [-0.2, -0.15) is 5.26 Å². The number of nitriles is 1. The van der Waals surface area contributed by atoms with Crippen molar-refractivity contribution in [2.45, 2.75) is 55.5 Å². The van der Waals surface area contributed by atoms with Crippen LogP contribution in [0.3, 0.4) is 0 Å². The minimum atomic E-state index is -0.817. The summed E-state index contributed by atoms with van der Waals surface area (Å²) in [5, 5.41) is 12.9. The van der Waals surface area contributed by atoms with E-state index < -0.39 is 17.2 Å². The summed E-state index contributed by atoms with van der Waals surface area (Å²) in [4.78, 5) is 0.725. The zero-order valence-electron chi connectivity index (χ0n) is 12.2. The number of nitrogens with one attached hydrogen (secondary N) is 1. The van der Waals surface area contributed by atoms with Gasteiger partial charge in [0.15, 0.2) is 11.6 Å². The van der Waals surface area contributed by atoms with Crippen LogP contribution in [0.1, 0.15) is 39.0 Å². The normalized spacial score (nSPS) is 17.2. The molecule has 0 saturated heterocycles. The molecule has 0 amide bonds. The van der Waals surface area contributed by atoms with Crippen LogP contribution in [0.25, 0.3) is 0 Å². The fraction of sp³-hybridized carbons (Fsp3) is 0.562. The molecule has 1 saturated carbocycles. The van der Waals surface area contributed by atoms with Crippen molar-refractivity contribution in [2.24, 2.45) is 0 Å². The number of thioether (sulfide) groups is 1. The van der Waals surface area contributed by atoms with Crippen molar-refractivity contribution in [3.05, 3.63) is 29.8 Å². The molecule has 0 aliphatic heterocycles. The fourth-order valence-electron chi connectivity index (χ4n) is 2.27. The van der Waals surface area contributed by atoms with Crippen LogP contribution < -0.4 is 5.32 Å². The van der Waals surface area contributed by atoms with E-state index in [9.17, 15) is 14.0 Å². The Bertz CT molecular complexity index is 525. The van der Waals surface area contributed by atoms with Crippen LogP contribution in [0, 0.1) is 23.0 Å². The third-order valence-electron chi connectivity index (χ3n) is 3.78. The molecule has 1 aliphatic carbocycles. The lowest BCUT2D eigenvalue weighted by atomic mass is 9.92. The molecular weight excluding hydrogens is 290 g/mol. The van der Waals surface area contributed by atoms with Gasteiger partial charge in [-0.05, 0) is 56.1 Å². The molecule has 0 bridgehead atoms. The number of benzene rings is 1. The number of hydrogen-bond acceptors (Lipinski definition) is 3. The van der Waals surface area contributed by atoms with Gasteiger partial charge in [0.05, 0.1) is 6.07 Å². The molecule has 1 unspecified atom stereocenters. The average Bonchev–Trinajstić information content (AvgIpc) is 3.30. The lowest BCUT2D eigenvalue weighted by Gasteiger charge is -2.26. The van der Waals surface area contributed by atoms with Crippen molar-refractivity contribution in [3.8, 4) is 6.07 Å². The Morgan fingerprint density at radius 1 is 1.38 bits per heavy atom. The largest absolute Gasteiger partial charge is 0.297 e. The Morgan fingerprint density at radius 3 is 2.71 bits per heavy atom. The van der Waals surface area contributed by atoms with E-state index in [1.807, 2.05) is 6.92 Å². The highest BCUT2D eigenvalue weighted by Gasteiger charge is 2.34. The molecule has 21 heavy (non-hydrogen) atoms. The smallest absolute Gasteiger partial charge is 0.159 e. The van der Waals surface area contributed by atoms with Crippen LogP contribution in [-0.4, -0.2) is 17.3 Å². The molecule has 1 aliphatic rings. The predicted molar refractivity (Wildman–Crippen MR) is 81.1 cm³/mol. The fourth-order valence-corrected chi connectivity index (χ4v) is 3.14. The van der Waals surface area contributed by atoms with Gasteiger partial charge in [0.1, 0.15) is 5.54 Å². The summed E-state index contributed by atoms with van der Waals surface area (Å²) in [6.07, 6.45) is 4.76. The van der Waals surface area contributed by atoms with Gasteiger partial charge in [0, 0.05) is 10.9 Å². The average molecular weight is 310 g/mol. The van der Waals surface area contributed by atoms with Crippen molar-refractivity contribution in [1.82, 2.24) is 5.32 Å². The van der Waals surface area contributed by atoms with E-state index in [1.54, 1.807) is 6.07 Å². The zero-order chi connectivity index (χ0) is 15.3. The van der Waals surface area contributed by atoms with Crippen LogP contribution in [0.2, 0.25) is 0 Å². The second-order valence-corrected chi connectivity index (χ2v) is 6.66. The van der Waals surface area contributed by atoms with E-state index >= 15 is 0 Å². The molecule has 1 aromatic rings. The van der Waals surface area contributed by atoms with Crippen LogP contribution >= 0.6 is 11.8 Å². The number of rotatable bonds is 8. The van der Waals surface area contributed by atoms with Gasteiger partial charge >= 0.3 is 0 Å². The molecule has 2 rings (SSSR count). The summed E-state index contributed by atoms with van der Waals surface area (Å²) < 4.78 is 25.9. The quantitative estimate of drug-likeness (QED) is 0.575.